The lowest BCUT2D eigenvalue weighted by Gasteiger charge is -2.32. The third-order valence-electron chi connectivity index (χ3n) is 13.3. The van der Waals surface area contributed by atoms with Crippen molar-refractivity contribution in [3.05, 3.63) is 234 Å². The number of benzene rings is 9. The zero-order valence-corrected chi connectivity index (χ0v) is 32.0. The minimum absolute atomic E-state index is 0.111. The molecule has 1 heteroatoms. The number of fused-ring (bicyclic) bond motifs is 15. The maximum Gasteiger partial charge on any atom is 0.0731 e. The van der Waals surface area contributed by atoms with Gasteiger partial charge < -0.3 is 4.90 Å². The van der Waals surface area contributed by atoms with Crippen molar-refractivity contribution in [1.29, 1.82) is 0 Å². The molecule has 12 rings (SSSR count). The first-order chi connectivity index (χ1) is 28.0. The molecule has 0 saturated heterocycles. The Bertz CT molecular complexity index is 3100. The van der Waals surface area contributed by atoms with Crippen LogP contribution in [0.15, 0.2) is 200 Å². The molecule has 1 atom stereocenters. The highest BCUT2D eigenvalue weighted by atomic mass is 15.1. The molecule has 9 aromatic rings. The second-order valence-electron chi connectivity index (χ2n) is 16.4. The van der Waals surface area contributed by atoms with Gasteiger partial charge in [-0.1, -0.05) is 178 Å². The zero-order valence-electron chi connectivity index (χ0n) is 32.0. The van der Waals surface area contributed by atoms with Crippen molar-refractivity contribution < 1.29 is 0 Å². The third-order valence-corrected chi connectivity index (χ3v) is 13.3. The number of hydrogen-bond acceptors (Lipinski definition) is 1. The summed E-state index contributed by atoms with van der Waals surface area (Å²) in [6.07, 6.45) is 0. The lowest BCUT2D eigenvalue weighted by Crippen LogP contribution is -2.26. The van der Waals surface area contributed by atoms with E-state index in [9.17, 15) is 0 Å². The van der Waals surface area contributed by atoms with Gasteiger partial charge in [0.1, 0.15) is 0 Å². The van der Waals surface area contributed by atoms with E-state index in [1.807, 2.05) is 0 Å². The van der Waals surface area contributed by atoms with E-state index in [1.54, 1.807) is 0 Å². The molecule has 0 amide bonds. The zero-order chi connectivity index (χ0) is 37.9. The monoisotopic (exact) mass is 725 g/mol. The summed E-state index contributed by atoms with van der Waals surface area (Å²) in [6.45, 7) is 4.74. The number of nitrogens with zero attached hydrogens (tertiary/aromatic N) is 1. The maximum atomic E-state index is 2.47. The molecule has 57 heavy (non-hydrogen) atoms. The van der Waals surface area contributed by atoms with Crippen molar-refractivity contribution in [2.75, 3.05) is 4.90 Å². The average molecular weight is 726 g/mol. The van der Waals surface area contributed by atoms with Gasteiger partial charge in [-0.3, -0.25) is 0 Å². The normalized spacial score (nSPS) is 16.1. The molecule has 0 bridgehead atoms. The van der Waals surface area contributed by atoms with Crippen molar-refractivity contribution in [2.45, 2.75) is 24.7 Å². The Kier molecular flexibility index (Phi) is 6.67. The molecule has 9 aromatic carbocycles. The Labute approximate surface area is 334 Å². The van der Waals surface area contributed by atoms with Crippen molar-refractivity contribution in [1.82, 2.24) is 0 Å². The smallest absolute Gasteiger partial charge is 0.0731 e. The van der Waals surface area contributed by atoms with Crippen molar-refractivity contribution in [2.24, 2.45) is 0 Å². The summed E-state index contributed by atoms with van der Waals surface area (Å²) in [4.78, 5) is 2.47. The van der Waals surface area contributed by atoms with Gasteiger partial charge in [-0.05, 0) is 125 Å². The van der Waals surface area contributed by atoms with E-state index in [-0.39, 0.29) is 5.41 Å². The van der Waals surface area contributed by atoms with Crippen LogP contribution in [0.3, 0.4) is 0 Å². The van der Waals surface area contributed by atoms with Crippen LogP contribution in [0.4, 0.5) is 17.1 Å². The minimum Gasteiger partial charge on any atom is -0.310 e. The molecule has 0 aliphatic heterocycles. The molecule has 1 unspecified atom stereocenters. The summed E-state index contributed by atoms with van der Waals surface area (Å²) < 4.78 is 0. The van der Waals surface area contributed by atoms with Crippen molar-refractivity contribution in [3.63, 3.8) is 0 Å². The standard InChI is InChI=1S/C56H39N/c1-55(2)49-21-11-8-18-43(49)46-32-29-41(35-53(46)55)57(39-27-24-37(25-28-39)36-14-4-3-5-15-36)40-30-33-52-48(34-40)45-20-10-13-23-51(45)56(52)50-22-12-9-19-44(50)47-31-26-38-16-6-7-17-42(38)54(47)56/h3-35H,1-2H3. The number of rotatable bonds is 4. The van der Waals surface area contributed by atoms with Gasteiger partial charge in [-0.2, -0.15) is 0 Å². The lowest BCUT2D eigenvalue weighted by atomic mass is 9.69. The van der Waals surface area contributed by atoms with Crippen LogP contribution in [0.25, 0.3) is 55.3 Å². The van der Waals surface area contributed by atoms with Gasteiger partial charge in [0.2, 0.25) is 0 Å². The molecule has 0 saturated carbocycles. The highest BCUT2D eigenvalue weighted by Crippen LogP contribution is 2.64. The van der Waals surface area contributed by atoms with Gasteiger partial charge in [-0.15, -0.1) is 0 Å². The summed E-state index contributed by atoms with van der Waals surface area (Å²) in [5, 5.41) is 2.60. The minimum atomic E-state index is -0.428. The third kappa shape index (κ3) is 4.34. The first-order valence-corrected chi connectivity index (χ1v) is 20.1. The molecule has 0 fully saturated rings. The molecule has 3 aliphatic rings. The summed E-state index contributed by atoms with van der Waals surface area (Å²) in [6, 6.07) is 74.9. The number of hydrogen-bond donors (Lipinski definition) is 0. The van der Waals surface area contributed by atoms with E-state index in [4.69, 9.17) is 0 Å². The van der Waals surface area contributed by atoms with Gasteiger partial charge >= 0.3 is 0 Å². The fraction of sp³-hybridized carbons (Fsp3) is 0.0714. The summed E-state index contributed by atoms with van der Waals surface area (Å²) in [7, 11) is 0. The van der Waals surface area contributed by atoms with Gasteiger partial charge in [0.25, 0.3) is 0 Å². The predicted molar refractivity (Wildman–Crippen MR) is 238 cm³/mol. The van der Waals surface area contributed by atoms with E-state index in [0.29, 0.717) is 0 Å². The van der Waals surface area contributed by atoms with E-state index in [1.165, 1.54) is 88.7 Å². The summed E-state index contributed by atoms with van der Waals surface area (Å²) >= 11 is 0. The highest BCUT2D eigenvalue weighted by molar-refractivity contribution is 6.04. The first kappa shape index (κ1) is 32.3. The molecular weight excluding hydrogens is 687 g/mol. The van der Waals surface area contributed by atoms with Gasteiger partial charge in [0.05, 0.1) is 5.41 Å². The van der Waals surface area contributed by atoms with Crippen LogP contribution in [0.2, 0.25) is 0 Å². The van der Waals surface area contributed by atoms with E-state index >= 15 is 0 Å². The first-order valence-electron chi connectivity index (χ1n) is 20.1. The molecule has 268 valence electrons. The van der Waals surface area contributed by atoms with E-state index in [0.717, 1.165) is 17.1 Å². The Morgan fingerprint density at radius 3 is 1.60 bits per heavy atom. The van der Waals surface area contributed by atoms with Gasteiger partial charge in [0.15, 0.2) is 0 Å². The second-order valence-corrected chi connectivity index (χ2v) is 16.4. The fourth-order valence-electron chi connectivity index (χ4n) is 10.8. The van der Waals surface area contributed by atoms with Crippen LogP contribution in [0.1, 0.15) is 47.2 Å². The Morgan fingerprint density at radius 1 is 0.333 bits per heavy atom. The Morgan fingerprint density at radius 2 is 0.842 bits per heavy atom. The van der Waals surface area contributed by atoms with Crippen LogP contribution in [0, 0.1) is 0 Å². The molecular formula is C56H39N. The highest BCUT2D eigenvalue weighted by Gasteiger charge is 2.52. The van der Waals surface area contributed by atoms with Crippen LogP contribution in [0.5, 0.6) is 0 Å². The van der Waals surface area contributed by atoms with Crippen molar-refractivity contribution in [3.8, 4) is 44.5 Å². The Hall–Kier alpha value is -6.96. The van der Waals surface area contributed by atoms with Gasteiger partial charge in [-0.25, -0.2) is 0 Å². The lowest BCUT2D eigenvalue weighted by molar-refractivity contribution is 0.660. The van der Waals surface area contributed by atoms with Crippen LogP contribution < -0.4 is 4.90 Å². The van der Waals surface area contributed by atoms with E-state index < -0.39 is 5.41 Å². The fourth-order valence-corrected chi connectivity index (χ4v) is 10.8. The van der Waals surface area contributed by atoms with E-state index in [2.05, 4.69) is 219 Å². The largest absolute Gasteiger partial charge is 0.310 e. The molecule has 0 radical (unpaired) electrons. The van der Waals surface area contributed by atoms with Crippen LogP contribution in [-0.4, -0.2) is 0 Å². The molecule has 3 aliphatic carbocycles. The molecule has 1 nitrogen and oxygen atoms in total. The van der Waals surface area contributed by atoms with Crippen LogP contribution >= 0.6 is 0 Å². The quantitative estimate of drug-likeness (QED) is 0.175. The molecule has 0 aromatic heterocycles. The van der Waals surface area contributed by atoms with Crippen molar-refractivity contribution >= 4 is 27.8 Å². The molecule has 0 N–H and O–H groups in total. The average Bonchev–Trinajstić information content (AvgIpc) is 3.83. The predicted octanol–water partition coefficient (Wildman–Crippen LogP) is 14.6. The topological polar surface area (TPSA) is 3.24 Å². The Balaban J connectivity index is 1.10. The SMILES string of the molecule is CC1(C)c2ccccc2-c2ccc(N(c3ccc(-c4ccccc4)cc3)c3ccc4c(c3)-c3ccccc3C43c4ccccc4-c4ccc5ccccc5c43)cc21. The maximum absolute atomic E-state index is 2.47. The molecule has 0 heterocycles. The molecule has 1 spiro atoms. The summed E-state index contributed by atoms with van der Waals surface area (Å²) in [5.41, 5.74) is 21.5. The van der Waals surface area contributed by atoms with Crippen LogP contribution in [-0.2, 0) is 10.8 Å². The number of anilines is 3. The van der Waals surface area contributed by atoms with Gasteiger partial charge in [0, 0.05) is 22.5 Å². The summed E-state index contributed by atoms with van der Waals surface area (Å²) in [5.74, 6) is 0. The second kappa shape index (κ2) is 11.8.